The topological polar surface area (TPSA) is 114 Å². The van der Waals surface area contributed by atoms with Crippen molar-refractivity contribution in [1.29, 1.82) is 0 Å². The Morgan fingerprint density at radius 2 is 1.67 bits per heavy atom. The van der Waals surface area contributed by atoms with Crippen molar-refractivity contribution in [3.63, 3.8) is 0 Å². The van der Waals surface area contributed by atoms with Gasteiger partial charge in [-0.1, -0.05) is 50.2 Å². The molecule has 0 bridgehead atoms. The summed E-state index contributed by atoms with van der Waals surface area (Å²) in [7, 11) is 1.34. The van der Waals surface area contributed by atoms with Crippen LogP contribution < -0.4 is 24.3 Å². The molecule has 6 rings (SSSR count). The number of hydrogen-bond donors (Lipinski definition) is 1. The minimum Gasteiger partial charge on any atom is -0.489 e. The van der Waals surface area contributed by atoms with Crippen molar-refractivity contribution >= 4 is 29.4 Å². The highest BCUT2D eigenvalue weighted by Gasteiger charge is 2.37. The Bertz CT molecular complexity index is 1970. The standard InChI is InChI=1S/C37H36F3N3O7.ClH/c1-22(2)15-31(36(44)45-3)41-19-25-8-10-27(18-33(25)49-20-23-7-11-29-30(16-23)43-50-42-29)48-21-26-5-4-6-28(35(26)37(38,39)40)24-9-12-32-34(17-24)47-14-13-46-32;/h4-12,16-18,22,31,41H,13-15,19-21H2,1-3H3;1H/t31-;/m0./s1. The van der Waals surface area contributed by atoms with E-state index >= 15 is 0 Å². The van der Waals surface area contributed by atoms with E-state index in [0.717, 1.165) is 5.56 Å². The summed E-state index contributed by atoms with van der Waals surface area (Å²) in [4.78, 5) is 12.5. The lowest BCUT2D eigenvalue weighted by atomic mass is 9.94. The summed E-state index contributed by atoms with van der Waals surface area (Å²) in [6.45, 7) is 4.74. The second kappa shape index (κ2) is 16.3. The molecule has 0 aliphatic carbocycles. The van der Waals surface area contributed by atoms with Crippen LogP contribution in [-0.2, 0) is 35.5 Å². The molecule has 1 N–H and O–H groups in total. The van der Waals surface area contributed by atoms with Crippen LogP contribution in [0.3, 0.4) is 0 Å². The molecule has 14 heteroatoms. The number of nitrogens with one attached hydrogen (secondary N) is 1. The first-order valence-corrected chi connectivity index (χ1v) is 16.1. The zero-order chi connectivity index (χ0) is 35.3. The van der Waals surface area contributed by atoms with Crippen LogP contribution in [0.4, 0.5) is 13.2 Å². The van der Waals surface area contributed by atoms with Gasteiger partial charge in [-0.15, -0.1) is 12.4 Å². The molecule has 0 unspecified atom stereocenters. The van der Waals surface area contributed by atoms with Gasteiger partial charge in [0.1, 0.15) is 55.0 Å². The lowest BCUT2D eigenvalue weighted by Crippen LogP contribution is -2.38. The van der Waals surface area contributed by atoms with E-state index in [0.29, 0.717) is 64.8 Å². The van der Waals surface area contributed by atoms with Gasteiger partial charge < -0.3 is 29.0 Å². The molecule has 1 aromatic heterocycles. The van der Waals surface area contributed by atoms with Crippen molar-refractivity contribution in [3.8, 4) is 34.1 Å². The SMILES string of the molecule is COC(=O)[C@H](CC(C)C)NCc1ccc(OCc2cccc(-c3ccc4c(c3)OCCO4)c2C(F)(F)F)cc1OCc1ccc2nonc2c1.Cl. The maximum atomic E-state index is 14.6. The molecule has 0 saturated heterocycles. The highest BCUT2D eigenvalue weighted by Crippen LogP contribution is 2.42. The molecule has 1 aliphatic rings. The van der Waals surface area contributed by atoms with E-state index in [-0.39, 0.29) is 55.2 Å². The summed E-state index contributed by atoms with van der Waals surface area (Å²) in [6, 6.07) is 19.0. The minimum atomic E-state index is -4.67. The lowest BCUT2D eigenvalue weighted by Gasteiger charge is -2.21. The Balaban J connectivity index is 0.00000504. The van der Waals surface area contributed by atoms with Crippen molar-refractivity contribution < 1.29 is 46.3 Å². The van der Waals surface area contributed by atoms with Gasteiger partial charge in [0.25, 0.3) is 0 Å². The van der Waals surface area contributed by atoms with Crippen LogP contribution >= 0.6 is 12.4 Å². The Hall–Kier alpha value is -5.01. The Labute approximate surface area is 298 Å². The summed E-state index contributed by atoms with van der Waals surface area (Å²) in [5.74, 6) is 1.45. The van der Waals surface area contributed by atoms with Gasteiger partial charge in [-0.3, -0.25) is 4.79 Å². The first-order valence-electron chi connectivity index (χ1n) is 16.1. The molecule has 10 nitrogen and oxygen atoms in total. The van der Waals surface area contributed by atoms with Crippen molar-refractivity contribution in [2.24, 2.45) is 5.92 Å². The number of aromatic nitrogens is 2. The molecule has 2 heterocycles. The van der Waals surface area contributed by atoms with Crippen LogP contribution in [0.15, 0.2) is 77.4 Å². The molecule has 51 heavy (non-hydrogen) atoms. The molecule has 0 radical (unpaired) electrons. The van der Waals surface area contributed by atoms with Gasteiger partial charge in [0.05, 0.1) is 12.7 Å². The fraction of sp³-hybridized carbons (Fsp3) is 0.324. The van der Waals surface area contributed by atoms with E-state index < -0.39 is 17.8 Å². The molecule has 0 spiro atoms. The number of alkyl halides is 3. The number of esters is 1. The van der Waals surface area contributed by atoms with Crippen molar-refractivity contribution in [1.82, 2.24) is 15.6 Å². The van der Waals surface area contributed by atoms with Gasteiger partial charge >= 0.3 is 12.1 Å². The lowest BCUT2D eigenvalue weighted by molar-refractivity contribution is -0.143. The molecule has 4 aromatic carbocycles. The molecular weight excluding hydrogens is 691 g/mol. The fourth-order valence-electron chi connectivity index (χ4n) is 5.76. The predicted octanol–water partition coefficient (Wildman–Crippen LogP) is 7.94. The summed E-state index contributed by atoms with van der Waals surface area (Å²) in [5.41, 5.74) is 2.17. The number of ether oxygens (including phenoxy) is 5. The van der Waals surface area contributed by atoms with Crippen molar-refractivity contribution in [2.75, 3.05) is 20.3 Å². The first kappa shape index (κ1) is 37.3. The van der Waals surface area contributed by atoms with E-state index in [1.54, 1.807) is 54.6 Å². The Kier molecular flexibility index (Phi) is 11.9. The zero-order valence-corrected chi connectivity index (χ0v) is 28.9. The second-order valence-corrected chi connectivity index (χ2v) is 12.2. The van der Waals surface area contributed by atoms with Crippen LogP contribution in [0.25, 0.3) is 22.2 Å². The van der Waals surface area contributed by atoms with Gasteiger partial charge in [-0.25, -0.2) is 4.63 Å². The highest BCUT2D eigenvalue weighted by atomic mass is 35.5. The number of methoxy groups -OCH3 is 1. The largest absolute Gasteiger partial charge is 0.489 e. The van der Waals surface area contributed by atoms with Gasteiger partial charge in [0.2, 0.25) is 0 Å². The van der Waals surface area contributed by atoms with Crippen LogP contribution in [-0.4, -0.2) is 42.6 Å². The number of benzene rings is 4. The van der Waals surface area contributed by atoms with E-state index in [2.05, 4.69) is 15.6 Å². The third-order valence-corrected chi connectivity index (χ3v) is 8.16. The van der Waals surface area contributed by atoms with Crippen LogP contribution in [0.2, 0.25) is 0 Å². The van der Waals surface area contributed by atoms with Gasteiger partial charge in [-0.05, 0) is 69.7 Å². The molecule has 5 aromatic rings. The number of nitrogens with zero attached hydrogens (tertiary/aromatic N) is 2. The minimum absolute atomic E-state index is 0. The van der Waals surface area contributed by atoms with Crippen molar-refractivity contribution in [3.05, 3.63) is 95.1 Å². The first-order chi connectivity index (χ1) is 24.1. The summed E-state index contributed by atoms with van der Waals surface area (Å²) < 4.78 is 77.1. The number of halogens is 4. The molecule has 1 aliphatic heterocycles. The molecule has 0 saturated carbocycles. The summed E-state index contributed by atoms with van der Waals surface area (Å²) in [5, 5.41) is 11.0. The van der Waals surface area contributed by atoms with Crippen LogP contribution in [0.1, 0.15) is 42.5 Å². The third-order valence-electron chi connectivity index (χ3n) is 8.16. The predicted molar refractivity (Wildman–Crippen MR) is 184 cm³/mol. The second-order valence-electron chi connectivity index (χ2n) is 12.2. The van der Waals surface area contributed by atoms with Crippen LogP contribution in [0, 0.1) is 5.92 Å². The zero-order valence-electron chi connectivity index (χ0n) is 28.1. The normalized spacial score (nSPS) is 13.1. The van der Waals surface area contributed by atoms with Gasteiger partial charge in [0.15, 0.2) is 11.5 Å². The van der Waals surface area contributed by atoms with E-state index in [1.165, 1.54) is 19.2 Å². The molecule has 270 valence electrons. The number of carbonyl (C=O) groups is 1. The highest BCUT2D eigenvalue weighted by molar-refractivity contribution is 5.85. The maximum absolute atomic E-state index is 14.6. The van der Waals surface area contributed by atoms with Crippen molar-refractivity contribution in [2.45, 2.75) is 52.2 Å². The average Bonchev–Trinajstić information content (AvgIpc) is 3.59. The smallest absolute Gasteiger partial charge is 0.417 e. The average molecular weight is 728 g/mol. The van der Waals surface area contributed by atoms with Gasteiger partial charge in [-0.2, -0.15) is 13.2 Å². The fourth-order valence-corrected chi connectivity index (χ4v) is 5.76. The number of fused-ring (bicyclic) bond motifs is 2. The Morgan fingerprint density at radius 3 is 2.43 bits per heavy atom. The quantitative estimate of drug-likeness (QED) is 0.120. The summed E-state index contributed by atoms with van der Waals surface area (Å²) in [6.07, 6.45) is -4.11. The third kappa shape index (κ3) is 9.02. The maximum Gasteiger partial charge on any atom is 0.417 e. The molecule has 0 fully saturated rings. The monoisotopic (exact) mass is 727 g/mol. The van der Waals surface area contributed by atoms with E-state index in [4.69, 9.17) is 28.3 Å². The van der Waals surface area contributed by atoms with Gasteiger partial charge in [0, 0.05) is 23.7 Å². The molecule has 0 amide bonds. The van der Waals surface area contributed by atoms with Crippen LogP contribution in [0.5, 0.6) is 23.0 Å². The van der Waals surface area contributed by atoms with E-state index in [9.17, 15) is 18.0 Å². The Morgan fingerprint density at radius 1 is 0.882 bits per heavy atom. The van der Waals surface area contributed by atoms with E-state index in [1.807, 2.05) is 19.9 Å². The number of carbonyl (C=O) groups excluding carboxylic acids is 1. The molecular formula is C37H37ClF3N3O7. The summed E-state index contributed by atoms with van der Waals surface area (Å²) >= 11 is 0. The number of rotatable bonds is 13. The molecule has 1 atom stereocenters. The number of hydrogen-bond acceptors (Lipinski definition) is 10.